The second-order valence-electron chi connectivity index (χ2n) is 17.4. The third kappa shape index (κ3) is 8.32. The minimum Gasteiger partial charge on any atom is -0.374 e. The molecule has 63 heavy (non-hydrogen) atoms. The van der Waals surface area contributed by atoms with E-state index in [4.69, 9.17) is 14.5 Å². The Labute approximate surface area is 362 Å². The van der Waals surface area contributed by atoms with E-state index in [-0.39, 0.29) is 47.9 Å². The monoisotopic (exact) mass is 861 g/mol. The number of carbonyl (C=O) groups is 3. The zero-order valence-corrected chi connectivity index (χ0v) is 35.0. The fourth-order valence-electron chi connectivity index (χ4n) is 10.1. The van der Waals surface area contributed by atoms with Crippen molar-refractivity contribution in [2.24, 2.45) is 11.8 Å². The molecule has 0 radical (unpaired) electrons. The number of piperidine rings is 1. The van der Waals surface area contributed by atoms with Crippen LogP contribution in [-0.2, 0) is 14.3 Å². The van der Waals surface area contributed by atoms with Gasteiger partial charge in [0.2, 0.25) is 5.91 Å². The van der Waals surface area contributed by atoms with Gasteiger partial charge in [0.15, 0.2) is 11.3 Å². The van der Waals surface area contributed by atoms with E-state index in [1.54, 1.807) is 29.5 Å². The van der Waals surface area contributed by atoms with E-state index in [0.717, 1.165) is 86.9 Å². The SMILES string of the molecule is C[C@@H]1CN(C[C@H]2CC[C@H](n3cc(NC(=O)c4cnn5ccc(N6C[C@H]7C[C@@H]6CO7)nc45)c(C(F)F)n3)CC2)CC[C@H]1OCC#Cc1cccc2c(N3CCC(=O)NC3=O)cncc12. The number of benzene rings is 1. The number of fused-ring (bicyclic) bond motifs is 4. The van der Waals surface area contributed by atoms with Gasteiger partial charge < -0.3 is 24.6 Å². The molecule has 4 aromatic heterocycles. The van der Waals surface area contributed by atoms with Gasteiger partial charge in [-0.25, -0.2) is 23.1 Å². The van der Waals surface area contributed by atoms with Crippen molar-refractivity contribution in [3.05, 3.63) is 72.1 Å². The topological polar surface area (TPSA) is 164 Å². The van der Waals surface area contributed by atoms with Crippen LogP contribution in [0.4, 0.5) is 30.8 Å². The highest BCUT2D eigenvalue weighted by atomic mass is 19.3. The third-order valence-electron chi connectivity index (χ3n) is 13.3. The molecule has 1 saturated carbocycles. The lowest BCUT2D eigenvalue weighted by Gasteiger charge is -2.39. The van der Waals surface area contributed by atoms with E-state index in [9.17, 15) is 23.2 Å². The van der Waals surface area contributed by atoms with Crippen LogP contribution in [0, 0.1) is 23.7 Å². The Hall–Kier alpha value is -6.03. The molecule has 5 fully saturated rings. The number of anilines is 3. The second-order valence-corrected chi connectivity index (χ2v) is 17.4. The number of halogens is 2. The first-order valence-corrected chi connectivity index (χ1v) is 21.9. The predicted octanol–water partition coefficient (Wildman–Crippen LogP) is 5.60. The minimum absolute atomic E-state index is 0.00320. The maximum atomic E-state index is 14.3. The molecule has 0 spiro atoms. The second kappa shape index (κ2) is 17.3. The quantitative estimate of drug-likeness (QED) is 0.168. The summed E-state index contributed by atoms with van der Waals surface area (Å²) >= 11 is 0. The largest absolute Gasteiger partial charge is 0.374 e. The first kappa shape index (κ1) is 41.0. The summed E-state index contributed by atoms with van der Waals surface area (Å²) in [5.74, 6) is 7.12. The van der Waals surface area contributed by atoms with Crippen LogP contribution < -0.4 is 20.4 Å². The fraction of sp³-hybridized carbons (Fsp3) is 0.489. The highest BCUT2D eigenvalue weighted by Crippen LogP contribution is 2.37. The summed E-state index contributed by atoms with van der Waals surface area (Å²) in [5, 5.41) is 15.3. The van der Waals surface area contributed by atoms with Gasteiger partial charge in [0.1, 0.15) is 18.0 Å². The van der Waals surface area contributed by atoms with E-state index < -0.39 is 24.1 Å². The molecule has 5 aromatic rings. The Kier molecular flexibility index (Phi) is 11.2. The standard InChI is InChI=1S/C45H49F2N11O5/c1-27-22-54(14-11-38(27)62-17-3-5-29-4-2-6-33-34(29)19-48-21-37(33)55-15-13-40(59)52-45(55)61)23-28-7-9-30(10-8-28)58-25-36(41(53-58)42(46)47)50-44(60)35-20-49-57-16-12-39(51-43(35)57)56-24-32-18-31(56)26-63-32/h2,4,6,12,16,19-21,25,27-28,30-32,38,42H,7-11,13-15,17-18,22-24,26H2,1H3,(H,50,60)(H,52,59,61)/t27-,28-,30-,31-,32-,38-/m1/s1. The zero-order chi connectivity index (χ0) is 43.2. The van der Waals surface area contributed by atoms with Gasteiger partial charge in [-0.1, -0.05) is 30.9 Å². The van der Waals surface area contributed by atoms with Crippen LogP contribution in [0.2, 0.25) is 0 Å². The van der Waals surface area contributed by atoms with Crippen molar-refractivity contribution >= 4 is 51.5 Å². The van der Waals surface area contributed by atoms with Gasteiger partial charge in [-0.3, -0.25) is 29.5 Å². The van der Waals surface area contributed by atoms with Crippen molar-refractivity contribution < 1.29 is 32.6 Å². The number of hydrogen-bond donors (Lipinski definition) is 2. The number of pyridine rings is 1. The number of amides is 4. The molecule has 10 rings (SSSR count). The molecular weight excluding hydrogens is 813 g/mol. The maximum absolute atomic E-state index is 14.3. The van der Waals surface area contributed by atoms with Crippen LogP contribution in [0.1, 0.15) is 86.0 Å². The normalized spacial score (nSPS) is 25.2. The molecular formula is C45H49F2N11O5. The summed E-state index contributed by atoms with van der Waals surface area (Å²) in [4.78, 5) is 53.1. The van der Waals surface area contributed by atoms with Crippen molar-refractivity contribution in [1.29, 1.82) is 0 Å². The van der Waals surface area contributed by atoms with Crippen molar-refractivity contribution in [2.75, 3.05) is 61.1 Å². The molecule has 5 aliphatic rings. The number of urea groups is 1. The molecule has 4 aliphatic heterocycles. The lowest BCUT2D eigenvalue weighted by atomic mass is 9.85. The Bertz CT molecular complexity index is 2620. The van der Waals surface area contributed by atoms with Gasteiger partial charge in [0.05, 0.1) is 54.7 Å². The highest BCUT2D eigenvalue weighted by Gasteiger charge is 2.40. The number of hydrogen-bond acceptors (Lipinski definition) is 11. The molecule has 4 saturated heterocycles. The van der Waals surface area contributed by atoms with E-state index in [1.165, 1.54) is 15.6 Å². The number of likely N-dealkylation sites (tertiary alicyclic amines) is 1. The minimum atomic E-state index is -2.86. The lowest BCUT2D eigenvalue weighted by molar-refractivity contribution is -0.120. The number of aromatic nitrogens is 6. The first-order chi connectivity index (χ1) is 30.6. The van der Waals surface area contributed by atoms with E-state index in [0.29, 0.717) is 42.9 Å². The van der Waals surface area contributed by atoms with Gasteiger partial charge in [-0.05, 0) is 62.5 Å². The number of carbonyl (C=O) groups excluding carboxylic acids is 3. The van der Waals surface area contributed by atoms with Crippen LogP contribution in [0.25, 0.3) is 16.4 Å². The molecule has 2 N–H and O–H groups in total. The molecule has 8 heterocycles. The Balaban J connectivity index is 0.705. The van der Waals surface area contributed by atoms with E-state index >= 15 is 0 Å². The molecule has 1 aliphatic carbocycles. The molecule has 18 heteroatoms. The highest BCUT2D eigenvalue weighted by molar-refractivity contribution is 6.10. The Morgan fingerprint density at radius 1 is 1.05 bits per heavy atom. The summed E-state index contributed by atoms with van der Waals surface area (Å²) in [6.45, 7) is 7.00. The van der Waals surface area contributed by atoms with Gasteiger partial charge >= 0.3 is 6.03 Å². The predicted molar refractivity (Wildman–Crippen MR) is 229 cm³/mol. The maximum Gasteiger partial charge on any atom is 0.328 e. The van der Waals surface area contributed by atoms with Gasteiger partial charge in [0.25, 0.3) is 12.3 Å². The first-order valence-electron chi connectivity index (χ1n) is 21.9. The zero-order valence-electron chi connectivity index (χ0n) is 35.0. The van der Waals surface area contributed by atoms with Gasteiger partial charge in [-0.15, -0.1) is 0 Å². The van der Waals surface area contributed by atoms with Crippen molar-refractivity contribution in [2.45, 2.75) is 82.6 Å². The summed E-state index contributed by atoms with van der Waals surface area (Å²) in [7, 11) is 0. The van der Waals surface area contributed by atoms with Crippen LogP contribution in [0.3, 0.4) is 0 Å². The third-order valence-corrected chi connectivity index (χ3v) is 13.3. The molecule has 4 atom stereocenters. The molecule has 2 bridgehead atoms. The molecule has 1 aromatic carbocycles. The smallest absolute Gasteiger partial charge is 0.328 e. The number of morpholine rings is 1. The van der Waals surface area contributed by atoms with Gasteiger partial charge in [0, 0.05) is 74.1 Å². The molecule has 328 valence electrons. The molecule has 4 amide bonds. The van der Waals surface area contributed by atoms with Crippen molar-refractivity contribution in [3.8, 4) is 11.8 Å². The summed E-state index contributed by atoms with van der Waals surface area (Å²) in [6, 6.07) is 7.37. The number of imide groups is 1. The lowest BCUT2D eigenvalue weighted by Crippen LogP contribution is -2.49. The van der Waals surface area contributed by atoms with Crippen LogP contribution in [0.15, 0.2) is 55.2 Å². The van der Waals surface area contributed by atoms with Crippen molar-refractivity contribution in [1.82, 2.24) is 39.6 Å². The average Bonchev–Trinajstić information content (AvgIpc) is 4.11. The number of rotatable bonds is 10. The number of nitrogens with one attached hydrogen (secondary N) is 2. The van der Waals surface area contributed by atoms with E-state index in [2.05, 4.69) is 54.4 Å². The summed E-state index contributed by atoms with van der Waals surface area (Å²) < 4.78 is 43.8. The van der Waals surface area contributed by atoms with Crippen LogP contribution >= 0.6 is 0 Å². The van der Waals surface area contributed by atoms with Crippen LogP contribution in [-0.4, -0.2) is 116 Å². The number of ether oxygens (including phenoxy) is 2. The van der Waals surface area contributed by atoms with Crippen LogP contribution in [0.5, 0.6) is 0 Å². The Morgan fingerprint density at radius 2 is 1.92 bits per heavy atom. The average molecular weight is 862 g/mol. The number of nitrogens with zero attached hydrogens (tertiary/aromatic N) is 9. The fourth-order valence-corrected chi connectivity index (χ4v) is 10.1. The molecule has 16 nitrogen and oxygen atoms in total. The Morgan fingerprint density at radius 3 is 2.70 bits per heavy atom. The van der Waals surface area contributed by atoms with E-state index in [1.807, 2.05) is 24.3 Å². The summed E-state index contributed by atoms with van der Waals surface area (Å²) in [6.07, 6.45) is 11.1. The molecule has 0 unspecified atom stereocenters. The van der Waals surface area contributed by atoms with Crippen molar-refractivity contribution in [3.63, 3.8) is 0 Å². The summed E-state index contributed by atoms with van der Waals surface area (Å²) in [5.41, 5.74) is 1.53. The van der Waals surface area contributed by atoms with Gasteiger partial charge in [-0.2, -0.15) is 10.2 Å². The number of alkyl halides is 2.